The monoisotopic (exact) mass is 263 g/mol. The van der Waals surface area contributed by atoms with Gasteiger partial charge in [0.2, 0.25) is 0 Å². The second kappa shape index (κ2) is 6.57. The number of ether oxygens (including phenoxy) is 1. The first kappa shape index (κ1) is 13.9. The van der Waals surface area contributed by atoms with E-state index in [4.69, 9.17) is 4.74 Å². The van der Waals surface area contributed by atoms with Crippen molar-refractivity contribution in [3.8, 4) is 5.75 Å². The molecule has 1 heterocycles. The van der Waals surface area contributed by atoms with Gasteiger partial charge < -0.3 is 9.84 Å². The van der Waals surface area contributed by atoms with Crippen LogP contribution in [-0.2, 0) is 11.3 Å². The van der Waals surface area contributed by atoms with Crippen LogP contribution >= 0.6 is 0 Å². The molecular formula is C15H21NO3. The lowest BCUT2D eigenvalue weighted by molar-refractivity contribution is -0.144. The number of fused-ring (bicyclic) bond motifs is 1. The van der Waals surface area contributed by atoms with Crippen LogP contribution in [0.25, 0.3) is 0 Å². The van der Waals surface area contributed by atoms with Gasteiger partial charge in [-0.3, -0.25) is 9.69 Å². The third-order valence-electron chi connectivity index (χ3n) is 3.54. The molecule has 0 saturated heterocycles. The highest BCUT2D eigenvalue weighted by Crippen LogP contribution is 2.24. The summed E-state index contributed by atoms with van der Waals surface area (Å²) in [5, 5.41) is 9.41. The number of benzene rings is 1. The number of para-hydroxylation sites is 1. The summed E-state index contributed by atoms with van der Waals surface area (Å²) in [4.78, 5) is 13.5. The van der Waals surface area contributed by atoms with E-state index in [1.165, 1.54) is 0 Å². The first-order valence-electron chi connectivity index (χ1n) is 6.90. The number of aliphatic carboxylic acids is 1. The number of carboxylic acid groups (broad SMARTS) is 1. The van der Waals surface area contributed by atoms with Gasteiger partial charge in [0.25, 0.3) is 0 Å². The molecular weight excluding hydrogens is 242 g/mol. The van der Waals surface area contributed by atoms with E-state index < -0.39 is 12.0 Å². The topological polar surface area (TPSA) is 49.8 Å². The quantitative estimate of drug-likeness (QED) is 0.887. The van der Waals surface area contributed by atoms with Crippen molar-refractivity contribution in [3.63, 3.8) is 0 Å². The van der Waals surface area contributed by atoms with Crippen LogP contribution in [0.5, 0.6) is 5.75 Å². The highest BCUT2D eigenvalue weighted by Gasteiger charge is 2.27. The fourth-order valence-electron chi connectivity index (χ4n) is 2.47. The van der Waals surface area contributed by atoms with Gasteiger partial charge in [-0.2, -0.15) is 0 Å². The van der Waals surface area contributed by atoms with Crippen molar-refractivity contribution in [3.05, 3.63) is 29.8 Å². The van der Waals surface area contributed by atoms with E-state index in [1.807, 2.05) is 29.2 Å². The van der Waals surface area contributed by atoms with Crippen molar-refractivity contribution in [1.82, 2.24) is 4.90 Å². The van der Waals surface area contributed by atoms with E-state index in [2.05, 4.69) is 6.92 Å². The number of nitrogens with zero attached hydrogens (tertiary/aromatic N) is 1. The van der Waals surface area contributed by atoms with Crippen molar-refractivity contribution in [2.24, 2.45) is 0 Å². The number of rotatable bonds is 5. The van der Waals surface area contributed by atoms with Gasteiger partial charge >= 0.3 is 5.97 Å². The number of carbonyl (C=O) groups is 1. The van der Waals surface area contributed by atoms with Crippen LogP contribution in [0.3, 0.4) is 0 Å². The first-order chi connectivity index (χ1) is 9.22. The van der Waals surface area contributed by atoms with Gasteiger partial charge in [0, 0.05) is 18.7 Å². The molecule has 0 aromatic heterocycles. The van der Waals surface area contributed by atoms with E-state index in [1.54, 1.807) is 0 Å². The van der Waals surface area contributed by atoms with Crippen molar-refractivity contribution in [1.29, 1.82) is 0 Å². The van der Waals surface area contributed by atoms with Crippen LogP contribution in [-0.4, -0.2) is 35.2 Å². The molecule has 1 N–H and O–H groups in total. The Labute approximate surface area is 114 Å². The maximum absolute atomic E-state index is 11.4. The zero-order valence-corrected chi connectivity index (χ0v) is 11.3. The first-order valence-corrected chi connectivity index (χ1v) is 6.90. The van der Waals surface area contributed by atoms with Gasteiger partial charge in [0.1, 0.15) is 18.4 Å². The van der Waals surface area contributed by atoms with Gasteiger partial charge in [-0.05, 0) is 12.5 Å². The molecule has 104 valence electrons. The van der Waals surface area contributed by atoms with E-state index >= 15 is 0 Å². The average Bonchev–Trinajstić information content (AvgIpc) is 2.61. The molecule has 0 saturated carbocycles. The summed E-state index contributed by atoms with van der Waals surface area (Å²) in [6, 6.07) is 7.45. The van der Waals surface area contributed by atoms with E-state index in [0.717, 1.165) is 24.2 Å². The summed E-state index contributed by atoms with van der Waals surface area (Å²) < 4.78 is 5.68. The molecule has 1 aromatic carbocycles. The lowest BCUT2D eigenvalue weighted by Crippen LogP contribution is -2.41. The molecule has 0 aliphatic carbocycles. The molecule has 1 aromatic rings. The largest absolute Gasteiger partial charge is 0.492 e. The van der Waals surface area contributed by atoms with Crippen LogP contribution in [0.1, 0.15) is 31.7 Å². The maximum Gasteiger partial charge on any atom is 0.320 e. The molecule has 4 nitrogen and oxygen atoms in total. The third kappa shape index (κ3) is 3.47. The zero-order valence-electron chi connectivity index (χ0n) is 11.3. The van der Waals surface area contributed by atoms with Gasteiger partial charge in [-0.1, -0.05) is 38.0 Å². The van der Waals surface area contributed by atoms with Gasteiger partial charge in [0.05, 0.1) is 0 Å². The third-order valence-corrected chi connectivity index (χ3v) is 3.54. The smallest absolute Gasteiger partial charge is 0.320 e. The molecule has 2 rings (SSSR count). The van der Waals surface area contributed by atoms with Crippen LogP contribution in [0.15, 0.2) is 24.3 Å². The fraction of sp³-hybridized carbons (Fsp3) is 0.533. The maximum atomic E-state index is 11.4. The SMILES string of the molecule is CCCCC(C(=O)O)N1CCOc2ccccc2C1. The second-order valence-corrected chi connectivity index (χ2v) is 4.92. The highest BCUT2D eigenvalue weighted by molar-refractivity contribution is 5.73. The van der Waals surface area contributed by atoms with Crippen LogP contribution < -0.4 is 4.74 Å². The second-order valence-electron chi connectivity index (χ2n) is 4.92. The summed E-state index contributed by atoms with van der Waals surface area (Å²) in [5.41, 5.74) is 1.07. The van der Waals surface area contributed by atoms with E-state index in [0.29, 0.717) is 26.1 Å². The lowest BCUT2D eigenvalue weighted by atomic mass is 10.1. The average molecular weight is 263 g/mol. The summed E-state index contributed by atoms with van der Waals surface area (Å²) in [6.45, 7) is 3.94. The standard InChI is InChI=1S/C15H21NO3/c1-2-3-7-13(15(17)18)16-9-10-19-14-8-5-4-6-12(14)11-16/h4-6,8,13H,2-3,7,9-11H2,1H3,(H,17,18). The fourth-order valence-corrected chi connectivity index (χ4v) is 2.47. The normalized spacial score (nSPS) is 17.1. The van der Waals surface area contributed by atoms with Crippen molar-refractivity contribution in [2.75, 3.05) is 13.2 Å². The molecule has 1 atom stereocenters. The van der Waals surface area contributed by atoms with Crippen molar-refractivity contribution in [2.45, 2.75) is 38.8 Å². The van der Waals surface area contributed by atoms with Crippen LogP contribution in [0.2, 0.25) is 0 Å². The van der Waals surface area contributed by atoms with Gasteiger partial charge in [0.15, 0.2) is 0 Å². The molecule has 0 radical (unpaired) electrons. The van der Waals surface area contributed by atoms with Gasteiger partial charge in [-0.25, -0.2) is 0 Å². The molecule has 1 aliphatic heterocycles. The minimum absolute atomic E-state index is 0.408. The summed E-state index contributed by atoms with van der Waals surface area (Å²) >= 11 is 0. The van der Waals surface area contributed by atoms with Crippen molar-refractivity contribution < 1.29 is 14.6 Å². The molecule has 0 bridgehead atoms. The van der Waals surface area contributed by atoms with Crippen LogP contribution in [0.4, 0.5) is 0 Å². The van der Waals surface area contributed by atoms with Crippen molar-refractivity contribution >= 4 is 5.97 Å². The Kier molecular flexibility index (Phi) is 4.80. The minimum atomic E-state index is -0.729. The van der Waals surface area contributed by atoms with Gasteiger partial charge in [-0.15, -0.1) is 0 Å². The number of unbranched alkanes of at least 4 members (excludes halogenated alkanes) is 1. The molecule has 1 aliphatic rings. The number of carboxylic acids is 1. The van der Waals surface area contributed by atoms with E-state index in [9.17, 15) is 9.90 Å². The Morgan fingerprint density at radius 3 is 3.00 bits per heavy atom. The Morgan fingerprint density at radius 1 is 1.47 bits per heavy atom. The summed E-state index contributed by atoms with van der Waals surface area (Å²) in [7, 11) is 0. The zero-order chi connectivity index (χ0) is 13.7. The van der Waals surface area contributed by atoms with Crippen LogP contribution in [0, 0.1) is 0 Å². The molecule has 0 amide bonds. The lowest BCUT2D eigenvalue weighted by Gasteiger charge is -2.26. The number of hydrogen-bond acceptors (Lipinski definition) is 3. The Bertz CT molecular complexity index is 433. The highest BCUT2D eigenvalue weighted by atomic mass is 16.5. The molecule has 4 heteroatoms. The molecule has 1 unspecified atom stereocenters. The molecule has 0 spiro atoms. The number of hydrogen-bond donors (Lipinski definition) is 1. The van der Waals surface area contributed by atoms with E-state index in [-0.39, 0.29) is 0 Å². The Morgan fingerprint density at radius 2 is 2.26 bits per heavy atom. The molecule has 0 fully saturated rings. The Balaban J connectivity index is 2.13. The molecule has 19 heavy (non-hydrogen) atoms. The Hall–Kier alpha value is -1.55. The summed E-state index contributed by atoms with van der Waals surface area (Å²) in [5.74, 6) is 0.150. The minimum Gasteiger partial charge on any atom is -0.492 e. The summed E-state index contributed by atoms with van der Waals surface area (Å²) in [6.07, 6.45) is 2.66. The predicted molar refractivity (Wildman–Crippen MR) is 73.3 cm³/mol. The predicted octanol–water partition coefficient (Wildman–Crippen LogP) is 2.52.